The smallest absolute Gasteiger partial charge is 0.335 e. The highest BCUT2D eigenvalue weighted by atomic mass is 16.6. The average Bonchev–Trinajstić information content (AvgIpc) is 2.34. The first kappa shape index (κ1) is 13.7. The number of carbonyl (C=O) groups is 1. The summed E-state index contributed by atoms with van der Waals surface area (Å²) in [7, 11) is 0. The molecule has 0 aromatic heterocycles. The first-order valence-electron chi connectivity index (χ1n) is 5.71. The molecule has 4 nitrogen and oxygen atoms in total. The molecule has 0 radical (unpaired) electrons. The van der Waals surface area contributed by atoms with Gasteiger partial charge in [0, 0.05) is 13.2 Å². The molecule has 0 aliphatic heterocycles. The summed E-state index contributed by atoms with van der Waals surface area (Å²) >= 11 is 0. The number of carboxylic acid groups (broad SMARTS) is 1. The van der Waals surface area contributed by atoms with E-state index in [0.717, 1.165) is 5.56 Å². The van der Waals surface area contributed by atoms with Crippen LogP contribution in [0.2, 0.25) is 0 Å². The van der Waals surface area contributed by atoms with E-state index >= 15 is 0 Å². The van der Waals surface area contributed by atoms with Crippen LogP contribution in [0.3, 0.4) is 0 Å². The van der Waals surface area contributed by atoms with Crippen molar-refractivity contribution in [2.45, 2.75) is 26.1 Å². The van der Waals surface area contributed by atoms with Crippen LogP contribution in [-0.2, 0) is 14.3 Å². The normalized spacial score (nSPS) is 14.2. The Morgan fingerprint density at radius 1 is 1.18 bits per heavy atom. The Balaban J connectivity index is 2.93. The van der Waals surface area contributed by atoms with E-state index in [1.54, 1.807) is 6.92 Å². The molecule has 1 N–H and O–H groups in total. The number of ether oxygens (including phenoxy) is 2. The van der Waals surface area contributed by atoms with Gasteiger partial charge in [0.25, 0.3) is 0 Å². The highest BCUT2D eigenvalue weighted by Crippen LogP contribution is 2.23. The minimum atomic E-state index is -1.01. The van der Waals surface area contributed by atoms with E-state index in [1.807, 2.05) is 37.3 Å². The molecule has 0 aliphatic carbocycles. The van der Waals surface area contributed by atoms with Crippen molar-refractivity contribution >= 4 is 5.97 Å². The van der Waals surface area contributed by atoms with Crippen LogP contribution in [0.4, 0.5) is 0 Å². The van der Waals surface area contributed by atoms with Gasteiger partial charge in [-0.25, -0.2) is 4.79 Å². The van der Waals surface area contributed by atoms with Crippen LogP contribution in [0, 0.1) is 0 Å². The molecule has 0 bridgehead atoms. The quantitative estimate of drug-likeness (QED) is 0.791. The summed E-state index contributed by atoms with van der Waals surface area (Å²) in [5.41, 5.74) is 0.815. The molecule has 0 aliphatic rings. The van der Waals surface area contributed by atoms with E-state index < -0.39 is 18.2 Å². The zero-order valence-corrected chi connectivity index (χ0v) is 10.1. The predicted octanol–water partition coefficient (Wildman–Crippen LogP) is 2.25. The van der Waals surface area contributed by atoms with Crippen LogP contribution in [0.15, 0.2) is 30.3 Å². The summed E-state index contributed by atoms with van der Waals surface area (Å²) in [4.78, 5) is 11.2. The molecule has 2 unspecified atom stereocenters. The Morgan fingerprint density at radius 2 is 1.76 bits per heavy atom. The van der Waals surface area contributed by atoms with Crippen molar-refractivity contribution in [1.29, 1.82) is 0 Å². The highest BCUT2D eigenvalue weighted by Gasteiger charge is 2.30. The lowest BCUT2D eigenvalue weighted by molar-refractivity contribution is -0.162. The summed E-state index contributed by atoms with van der Waals surface area (Å²) in [5.74, 6) is -1.01. The third-order valence-corrected chi connectivity index (χ3v) is 2.34. The third kappa shape index (κ3) is 3.84. The van der Waals surface area contributed by atoms with Gasteiger partial charge in [-0.05, 0) is 19.4 Å². The van der Waals surface area contributed by atoms with Crippen LogP contribution < -0.4 is 0 Å². The Hall–Kier alpha value is -1.39. The monoisotopic (exact) mass is 238 g/mol. The van der Waals surface area contributed by atoms with Crippen molar-refractivity contribution in [3.63, 3.8) is 0 Å². The average molecular weight is 238 g/mol. The second-order valence-corrected chi connectivity index (χ2v) is 3.50. The van der Waals surface area contributed by atoms with Crippen LogP contribution in [0.25, 0.3) is 0 Å². The molecule has 4 heteroatoms. The fourth-order valence-corrected chi connectivity index (χ4v) is 1.65. The first-order chi connectivity index (χ1) is 8.20. The highest BCUT2D eigenvalue weighted by molar-refractivity contribution is 5.73. The molecule has 0 saturated carbocycles. The number of rotatable bonds is 7. The summed E-state index contributed by atoms with van der Waals surface area (Å²) in [6.45, 7) is 4.38. The van der Waals surface area contributed by atoms with Gasteiger partial charge in [0.05, 0.1) is 0 Å². The van der Waals surface area contributed by atoms with Crippen molar-refractivity contribution in [2.24, 2.45) is 0 Å². The maximum atomic E-state index is 11.2. The van der Waals surface area contributed by atoms with Crippen LogP contribution in [0.1, 0.15) is 25.5 Å². The standard InChI is InChI=1S/C13H18O4/c1-3-16-11(10-8-6-5-7-9-10)12(13(14)15)17-4-2/h5-9,11-12H,3-4H2,1-2H3,(H,14,15). The molecule has 0 saturated heterocycles. The lowest BCUT2D eigenvalue weighted by Gasteiger charge is -2.24. The lowest BCUT2D eigenvalue weighted by atomic mass is 10.0. The van der Waals surface area contributed by atoms with Crippen molar-refractivity contribution in [1.82, 2.24) is 0 Å². The maximum absolute atomic E-state index is 11.2. The molecule has 1 aromatic rings. The molecule has 17 heavy (non-hydrogen) atoms. The molecule has 0 amide bonds. The number of benzene rings is 1. The van der Waals surface area contributed by atoms with Gasteiger partial charge in [-0.3, -0.25) is 0 Å². The van der Waals surface area contributed by atoms with Gasteiger partial charge in [0.2, 0.25) is 0 Å². The SMILES string of the molecule is CCOC(C(=O)O)C(OCC)c1ccccc1. The zero-order valence-electron chi connectivity index (χ0n) is 10.1. The van der Waals surface area contributed by atoms with E-state index in [1.165, 1.54) is 0 Å². The molecule has 0 heterocycles. The van der Waals surface area contributed by atoms with Crippen molar-refractivity contribution in [2.75, 3.05) is 13.2 Å². The van der Waals surface area contributed by atoms with Gasteiger partial charge < -0.3 is 14.6 Å². The largest absolute Gasteiger partial charge is 0.479 e. The molecule has 2 atom stereocenters. The third-order valence-electron chi connectivity index (χ3n) is 2.34. The van der Waals surface area contributed by atoms with Crippen LogP contribution in [-0.4, -0.2) is 30.4 Å². The van der Waals surface area contributed by atoms with E-state index in [2.05, 4.69) is 0 Å². The lowest BCUT2D eigenvalue weighted by Crippen LogP contribution is -2.32. The Morgan fingerprint density at radius 3 is 2.24 bits per heavy atom. The van der Waals surface area contributed by atoms with Gasteiger partial charge in [0.1, 0.15) is 6.10 Å². The number of carboxylic acids is 1. The molecule has 0 spiro atoms. The molecule has 0 fully saturated rings. The van der Waals surface area contributed by atoms with Crippen molar-refractivity contribution < 1.29 is 19.4 Å². The molecule has 1 aromatic carbocycles. The molecule has 94 valence electrons. The summed E-state index contributed by atoms with van der Waals surface area (Å²) in [6, 6.07) is 9.27. The van der Waals surface area contributed by atoms with Crippen LogP contribution in [0.5, 0.6) is 0 Å². The second-order valence-electron chi connectivity index (χ2n) is 3.50. The van der Waals surface area contributed by atoms with E-state index in [0.29, 0.717) is 13.2 Å². The summed E-state index contributed by atoms with van der Waals surface area (Å²) < 4.78 is 10.7. The van der Waals surface area contributed by atoms with Gasteiger partial charge >= 0.3 is 5.97 Å². The summed E-state index contributed by atoms with van der Waals surface area (Å²) in [6.07, 6.45) is -1.54. The van der Waals surface area contributed by atoms with Gasteiger partial charge in [-0.2, -0.15) is 0 Å². The van der Waals surface area contributed by atoms with E-state index in [-0.39, 0.29) is 0 Å². The van der Waals surface area contributed by atoms with E-state index in [4.69, 9.17) is 14.6 Å². The minimum Gasteiger partial charge on any atom is -0.479 e. The number of hydrogen-bond donors (Lipinski definition) is 1. The van der Waals surface area contributed by atoms with Gasteiger partial charge in [-0.1, -0.05) is 30.3 Å². The maximum Gasteiger partial charge on any atom is 0.335 e. The van der Waals surface area contributed by atoms with E-state index in [9.17, 15) is 4.79 Å². The topological polar surface area (TPSA) is 55.8 Å². The van der Waals surface area contributed by atoms with Crippen molar-refractivity contribution in [3.8, 4) is 0 Å². The summed E-state index contributed by atoms with van der Waals surface area (Å²) in [5, 5.41) is 9.16. The zero-order chi connectivity index (χ0) is 12.7. The molecule has 1 rings (SSSR count). The predicted molar refractivity (Wildman–Crippen MR) is 63.9 cm³/mol. The number of aliphatic carboxylic acids is 1. The van der Waals surface area contributed by atoms with Gasteiger partial charge in [-0.15, -0.1) is 0 Å². The second kappa shape index (κ2) is 7.04. The van der Waals surface area contributed by atoms with Gasteiger partial charge in [0.15, 0.2) is 6.10 Å². The Bertz CT molecular complexity index is 337. The van der Waals surface area contributed by atoms with Crippen molar-refractivity contribution in [3.05, 3.63) is 35.9 Å². The first-order valence-corrected chi connectivity index (χ1v) is 5.71. The fourth-order valence-electron chi connectivity index (χ4n) is 1.65. The molecular formula is C13H18O4. The van der Waals surface area contributed by atoms with Crippen LogP contribution >= 0.6 is 0 Å². The number of hydrogen-bond acceptors (Lipinski definition) is 3. The minimum absolute atomic E-state index is 0.341. The Kier molecular flexibility index (Phi) is 5.66. The molecular weight excluding hydrogens is 220 g/mol. The Labute approximate surface area is 101 Å². The fraction of sp³-hybridized carbons (Fsp3) is 0.462.